The molecule has 0 saturated heterocycles. The van der Waals surface area contributed by atoms with Gasteiger partial charge in [0.1, 0.15) is 5.69 Å². The summed E-state index contributed by atoms with van der Waals surface area (Å²) in [5, 5.41) is 8.76. The number of nitrogens with zero attached hydrogens (tertiary/aromatic N) is 3. The van der Waals surface area contributed by atoms with Crippen molar-refractivity contribution in [1.82, 2.24) is 0 Å². The van der Waals surface area contributed by atoms with Crippen LogP contribution >= 0.6 is 11.6 Å². The van der Waals surface area contributed by atoms with Crippen molar-refractivity contribution >= 4 is 34.4 Å². The van der Waals surface area contributed by atoms with E-state index in [-0.39, 0.29) is 0 Å². The minimum Gasteiger partial charge on any atom is -0.399 e. The molecule has 5 heteroatoms. The first-order chi connectivity index (χ1) is 10.1. The van der Waals surface area contributed by atoms with Crippen LogP contribution in [0.5, 0.6) is 0 Å². The smallest absolute Gasteiger partial charge is 0.104 e. The van der Waals surface area contributed by atoms with Crippen molar-refractivity contribution in [1.29, 1.82) is 0 Å². The fourth-order valence-corrected chi connectivity index (χ4v) is 1.76. The van der Waals surface area contributed by atoms with Crippen LogP contribution < -0.4 is 10.6 Å². The van der Waals surface area contributed by atoms with Crippen molar-refractivity contribution in [2.45, 2.75) is 13.8 Å². The molecule has 0 aliphatic carbocycles. The van der Waals surface area contributed by atoms with Gasteiger partial charge in [-0.2, -0.15) is 5.11 Å². The fourth-order valence-electron chi connectivity index (χ4n) is 1.53. The monoisotopic (exact) mass is 304 g/mol. The molecule has 0 amide bonds. The van der Waals surface area contributed by atoms with E-state index in [1.54, 1.807) is 18.2 Å². The minimum atomic E-state index is 0.494. The number of hydrogen-bond donors (Lipinski definition) is 1. The van der Waals surface area contributed by atoms with Gasteiger partial charge in [0.25, 0.3) is 0 Å². The molecule has 0 aromatic heterocycles. The van der Waals surface area contributed by atoms with E-state index < -0.39 is 0 Å². The molecule has 2 rings (SSSR count). The van der Waals surface area contributed by atoms with Crippen LogP contribution in [0.25, 0.3) is 0 Å². The molecule has 0 bridgehead atoms. The lowest BCUT2D eigenvalue weighted by Gasteiger charge is -2.11. The van der Waals surface area contributed by atoms with Gasteiger partial charge in [-0.1, -0.05) is 25.4 Å². The zero-order valence-corrected chi connectivity index (χ0v) is 13.6. The van der Waals surface area contributed by atoms with Gasteiger partial charge >= 0.3 is 0 Å². The van der Waals surface area contributed by atoms with Gasteiger partial charge in [0.05, 0.1) is 10.7 Å². The van der Waals surface area contributed by atoms with E-state index in [9.17, 15) is 0 Å². The van der Waals surface area contributed by atoms with E-state index in [1.165, 1.54) is 0 Å². The zero-order valence-electron chi connectivity index (χ0n) is 12.8. The Balaban J connectivity index is 0.00000106. The Hall–Kier alpha value is -2.07. The van der Waals surface area contributed by atoms with E-state index in [0.717, 1.165) is 11.4 Å². The third-order valence-electron chi connectivity index (χ3n) is 2.61. The summed E-state index contributed by atoms with van der Waals surface area (Å²) in [6.07, 6.45) is 0. The first kappa shape index (κ1) is 17.0. The van der Waals surface area contributed by atoms with Crippen LogP contribution in [0.1, 0.15) is 13.8 Å². The van der Waals surface area contributed by atoms with Gasteiger partial charge in [-0.15, -0.1) is 5.11 Å². The van der Waals surface area contributed by atoms with Crippen molar-refractivity contribution in [3.63, 3.8) is 0 Å². The van der Waals surface area contributed by atoms with Gasteiger partial charge in [-0.25, -0.2) is 0 Å². The molecule has 0 atom stereocenters. The first-order valence-corrected chi connectivity index (χ1v) is 7.18. The number of azo groups is 1. The van der Waals surface area contributed by atoms with Crippen LogP contribution in [0.15, 0.2) is 52.7 Å². The molecule has 0 unspecified atom stereocenters. The Labute approximate surface area is 131 Å². The molecule has 2 aromatic carbocycles. The Morgan fingerprint density at radius 2 is 1.57 bits per heavy atom. The van der Waals surface area contributed by atoms with E-state index in [2.05, 4.69) is 10.2 Å². The highest BCUT2D eigenvalue weighted by Crippen LogP contribution is 2.28. The lowest BCUT2D eigenvalue weighted by molar-refractivity contribution is 1.13. The van der Waals surface area contributed by atoms with Crippen molar-refractivity contribution in [3.05, 3.63) is 47.5 Å². The van der Waals surface area contributed by atoms with Crippen LogP contribution in [-0.4, -0.2) is 14.1 Å². The molecule has 0 aliphatic heterocycles. The summed E-state index contributed by atoms with van der Waals surface area (Å²) in [5.74, 6) is 0. The molecule has 0 heterocycles. The maximum atomic E-state index is 6.02. The molecule has 0 fully saturated rings. The highest BCUT2D eigenvalue weighted by Gasteiger charge is 1.99. The molecule has 0 saturated carbocycles. The van der Waals surface area contributed by atoms with Crippen LogP contribution in [0.2, 0.25) is 5.02 Å². The summed E-state index contributed by atoms with van der Waals surface area (Å²) < 4.78 is 0. The quantitative estimate of drug-likeness (QED) is 0.607. The number of benzene rings is 2. The molecule has 2 N–H and O–H groups in total. The van der Waals surface area contributed by atoms with Gasteiger partial charge in [0.15, 0.2) is 0 Å². The van der Waals surface area contributed by atoms with Gasteiger partial charge < -0.3 is 10.6 Å². The Morgan fingerprint density at radius 1 is 0.952 bits per heavy atom. The summed E-state index contributed by atoms with van der Waals surface area (Å²) in [6, 6.07) is 12.9. The van der Waals surface area contributed by atoms with Crippen molar-refractivity contribution < 1.29 is 0 Å². The molecule has 2 aromatic rings. The number of rotatable bonds is 3. The average Bonchev–Trinajstić information content (AvgIpc) is 2.49. The average molecular weight is 305 g/mol. The van der Waals surface area contributed by atoms with Crippen molar-refractivity contribution in [2.75, 3.05) is 24.7 Å². The number of nitrogens with two attached hydrogens (primary N) is 1. The van der Waals surface area contributed by atoms with Gasteiger partial charge in [-0.05, 0) is 42.5 Å². The summed E-state index contributed by atoms with van der Waals surface area (Å²) in [5.41, 5.74) is 8.72. The number of hydrogen-bond acceptors (Lipinski definition) is 4. The maximum absolute atomic E-state index is 6.02. The van der Waals surface area contributed by atoms with E-state index >= 15 is 0 Å². The third kappa shape index (κ3) is 5.08. The topological polar surface area (TPSA) is 54.0 Å². The second-order valence-corrected chi connectivity index (χ2v) is 4.73. The Bertz CT molecular complexity index is 592. The molecule has 0 radical (unpaired) electrons. The van der Waals surface area contributed by atoms with Crippen molar-refractivity contribution in [3.8, 4) is 0 Å². The Kier molecular flexibility index (Phi) is 6.69. The largest absolute Gasteiger partial charge is 0.399 e. The van der Waals surface area contributed by atoms with Gasteiger partial charge in [0.2, 0.25) is 0 Å². The molecule has 112 valence electrons. The summed E-state index contributed by atoms with van der Waals surface area (Å²) >= 11 is 6.02. The maximum Gasteiger partial charge on any atom is 0.104 e. The van der Waals surface area contributed by atoms with Crippen LogP contribution in [0.3, 0.4) is 0 Å². The lowest BCUT2D eigenvalue weighted by Crippen LogP contribution is -2.07. The van der Waals surface area contributed by atoms with E-state index in [1.807, 2.05) is 57.1 Å². The SMILES string of the molecule is CC.CN(C)c1ccc(N=Nc2ccc(N)cc2Cl)cc1. The number of halogens is 1. The molecule has 0 spiro atoms. The van der Waals surface area contributed by atoms with Crippen molar-refractivity contribution in [2.24, 2.45) is 10.2 Å². The van der Waals surface area contributed by atoms with Crippen LogP contribution in [0, 0.1) is 0 Å². The highest BCUT2D eigenvalue weighted by atomic mass is 35.5. The number of nitrogen functional groups attached to an aromatic ring is 1. The molecule has 4 nitrogen and oxygen atoms in total. The number of anilines is 2. The molecule has 21 heavy (non-hydrogen) atoms. The molecular formula is C16H21ClN4. The van der Waals surface area contributed by atoms with Gasteiger partial charge in [-0.3, -0.25) is 0 Å². The van der Waals surface area contributed by atoms with Crippen LogP contribution in [-0.2, 0) is 0 Å². The molecular weight excluding hydrogens is 284 g/mol. The summed E-state index contributed by atoms with van der Waals surface area (Å²) in [7, 11) is 3.98. The molecule has 0 aliphatic rings. The second kappa shape index (κ2) is 8.27. The fraction of sp³-hybridized carbons (Fsp3) is 0.250. The van der Waals surface area contributed by atoms with E-state index in [4.69, 9.17) is 17.3 Å². The van der Waals surface area contributed by atoms with Gasteiger partial charge in [0, 0.05) is 25.5 Å². The summed E-state index contributed by atoms with van der Waals surface area (Å²) in [6.45, 7) is 4.00. The van der Waals surface area contributed by atoms with Crippen LogP contribution in [0.4, 0.5) is 22.7 Å². The second-order valence-electron chi connectivity index (χ2n) is 4.32. The minimum absolute atomic E-state index is 0.494. The standard InChI is InChI=1S/C14H15ClN4.C2H6/c1-19(2)12-6-4-11(5-7-12)17-18-14-8-3-10(16)9-13(14)15;1-2/h3-9H,16H2,1-2H3;1-2H3. The first-order valence-electron chi connectivity index (χ1n) is 6.80. The summed E-state index contributed by atoms with van der Waals surface area (Å²) in [4.78, 5) is 2.03. The normalized spacial score (nSPS) is 10.1. The zero-order chi connectivity index (χ0) is 15.8. The lowest BCUT2D eigenvalue weighted by atomic mass is 10.3. The highest BCUT2D eigenvalue weighted by molar-refractivity contribution is 6.33. The Morgan fingerprint density at radius 3 is 2.10 bits per heavy atom. The predicted octanol–water partition coefficient (Wildman–Crippen LogP) is 5.43. The predicted molar refractivity (Wildman–Crippen MR) is 92.2 cm³/mol. The third-order valence-corrected chi connectivity index (χ3v) is 2.91. The van der Waals surface area contributed by atoms with E-state index in [0.29, 0.717) is 16.4 Å².